The number of carbonyl (C=O) groups is 1. The molecule has 0 spiro atoms. The van der Waals surface area contributed by atoms with Gasteiger partial charge in [0.2, 0.25) is 0 Å². The minimum absolute atomic E-state index is 0.132. The molecule has 0 saturated carbocycles. The van der Waals surface area contributed by atoms with Crippen LogP contribution in [0.1, 0.15) is 58.3 Å². The SMILES string of the molecule is CCCCCCCCOC(=O)OC1CCCN1. The lowest BCUT2D eigenvalue weighted by Crippen LogP contribution is -2.28. The Balaban J connectivity index is 1.86. The zero-order valence-electron chi connectivity index (χ0n) is 10.9. The molecule has 4 nitrogen and oxygen atoms in total. The van der Waals surface area contributed by atoms with Gasteiger partial charge in [0.25, 0.3) is 0 Å². The second-order valence-corrected chi connectivity index (χ2v) is 4.57. The summed E-state index contributed by atoms with van der Waals surface area (Å²) in [7, 11) is 0. The van der Waals surface area contributed by atoms with Crippen molar-refractivity contribution in [1.29, 1.82) is 0 Å². The zero-order valence-corrected chi connectivity index (χ0v) is 10.9. The number of carbonyl (C=O) groups excluding carboxylic acids is 1. The average Bonchev–Trinajstić information content (AvgIpc) is 2.80. The molecule has 0 aromatic carbocycles. The van der Waals surface area contributed by atoms with Crippen LogP contribution in [0.4, 0.5) is 4.79 Å². The van der Waals surface area contributed by atoms with Crippen molar-refractivity contribution >= 4 is 6.16 Å². The van der Waals surface area contributed by atoms with E-state index in [1.807, 2.05) is 0 Å². The van der Waals surface area contributed by atoms with Gasteiger partial charge in [0.05, 0.1) is 6.61 Å². The third-order valence-corrected chi connectivity index (χ3v) is 2.97. The van der Waals surface area contributed by atoms with Crippen LogP contribution in [0.5, 0.6) is 0 Å². The van der Waals surface area contributed by atoms with Crippen molar-refractivity contribution in [3.8, 4) is 0 Å². The first-order valence-corrected chi connectivity index (χ1v) is 6.89. The van der Waals surface area contributed by atoms with Gasteiger partial charge in [-0.1, -0.05) is 39.0 Å². The normalized spacial score (nSPS) is 19.2. The van der Waals surface area contributed by atoms with E-state index in [2.05, 4.69) is 12.2 Å². The highest BCUT2D eigenvalue weighted by atomic mass is 16.7. The first-order chi connectivity index (χ1) is 8.33. The number of hydrogen-bond donors (Lipinski definition) is 1. The van der Waals surface area contributed by atoms with Gasteiger partial charge in [-0.3, -0.25) is 5.32 Å². The lowest BCUT2D eigenvalue weighted by molar-refractivity contribution is 0.0179. The van der Waals surface area contributed by atoms with E-state index in [1.165, 1.54) is 25.7 Å². The minimum atomic E-state index is -0.530. The average molecular weight is 243 g/mol. The molecule has 0 aromatic rings. The van der Waals surface area contributed by atoms with Crippen molar-refractivity contribution in [2.24, 2.45) is 0 Å². The van der Waals surface area contributed by atoms with E-state index in [9.17, 15) is 4.79 Å². The van der Waals surface area contributed by atoms with E-state index < -0.39 is 6.16 Å². The van der Waals surface area contributed by atoms with E-state index in [4.69, 9.17) is 9.47 Å². The first kappa shape index (κ1) is 14.3. The molecular weight excluding hydrogens is 218 g/mol. The van der Waals surface area contributed by atoms with Crippen LogP contribution in [0.15, 0.2) is 0 Å². The summed E-state index contributed by atoms with van der Waals surface area (Å²) in [5.41, 5.74) is 0. The lowest BCUT2D eigenvalue weighted by Gasteiger charge is -2.11. The number of rotatable bonds is 8. The van der Waals surface area contributed by atoms with Gasteiger partial charge in [-0.15, -0.1) is 0 Å². The Morgan fingerprint density at radius 2 is 2.00 bits per heavy atom. The van der Waals surface area contributed by atoms with Gasteiger partial charge >= 0.3 is 6.16 Å². The Hall–Kier alpha value is -0.770. The summed E-state index contributed by atoms with van der Waals surface area (Å²) in [6, 6.07) is 0. The Labute approximate surface area is 104 Å². The zero-order chi connectivity index (χ0) is 12.3. The molecule has 1 rings (SSSR count). The molecule has 0 aromatic heterocycles. The summed E-state index contributed by atoms with van der Waals surface area (Å²) in [5.74, 6) is 0. The van der Waals surface area contributed by atoms with Gasteiger partial charge in [0.15, 0.2) is 6.23 Å². The van der Waals surface area contributed by atoms with Gasteiger partial charge < -0.3 is 9.47 Å². The third-order valence-electron chi connectivity index (χ3n) is 2.97. The van der Waals surface area contributed by atoms with Crippen molar-refractivity contribution in [3.63, 3.8) is 0 Å². The molecule has 1 fully saturated rings. The molecule has 0 radical (unpaired) electrons. The summed E-state index contributed by atoms with van der Waals surface area (Å²) in [5, 5.41) is 3.09. The van der Waals surface area contributed by atoms with Crippen molar-refractivity contribution < 1.29 is 14.3 Å². The van der Waals surface area contributed by atoms with Gasteiger partial charge in [0.1, 0.15) is 0 Å². The predicted molar refractivity (Wildman–Crippen MR) is 66.8 cm³/mol. The number of unbranched alkanes of at least 4 members (excludes halogenated alkanes) is 5. The minimum Gasteiger partial charge on any atom is -0.434 e. The highest BCUT2D eigenvalue weighted by Gasteiger charge is 2.18. The molecule has 0 bridgehead atoms. The van der Waals surface area contributed by atoms with Crippen molar-refractivity contribution in [2.45, 2.75) is 64.5 Å². The number of hydrogen-bond acceptors (Lipinski definition) is 4. The lowest BCUT2D eigenvalue weighted by atomic mass is 10.1. The largest absolute Gasteiger partial charge is 0.509 e. The molecule has 1 aliphatic rings. The smallest absolute Gasteiger partial charge is 0.434 e. The van der Waals surface area contributed by atoms with Gasteiger partial charge in [-0.2, -0.15) is 0 Å². The fourth-order valence-electron chi connectivity index (χ4n) is 1.94. The van der Waals surface area contributed by atoms with Crippen LogP contribution >= 0.6 is 0 Å². The highest BCUT2D eigenvalue weighted by molar-refractivity contribution is 5.60. The highest BCUT2D eigenvalue weighted by Crippen LogP contribution is 2.08. The molecule has 17 heavy (non-hydrogen) atoms. The molecule has 1 unspecified atom stereocenters. The fourth-order valence-corrected chi connectivity index (χ4v) is 1.94. The Morgan fingerprint density at radius 1 is 1.24 bits per heavy atom. The maximum atomic E-state index is 11.2. The molecule has 1 heterocycles. The Morgan fingerprint density at radius 3 is 2.71 bits per heavy atom. The molecule has 1 aliphatic heterocycles. The standard InChI is InChI=1S/C13H25NO3/c1-2-3-4-5-6-7-11-16-13(15)17-12-9-8-10-14-12/h12,14H,2-11H2,1H3. The second-order valence-electron chi connectivity index (χ2n) is 4.57. The van der Waals surface area contributed by atoms with E-state index in [1.54, 1.807) is 0 Å². The number of ether oxygens (including phenoxy) is 2. The maximum Gasteiger partial charge on any atom is 0.509 e. The molecule has 1 N–H and O–H groups in total. The van der Waals surface area contributed by atoms with Crippen LogP contribution in [0, 0.1) is 0 Å². The topological polar surface area (TPSA) is 47.6 Å². The Kier molecular flexibility index (Phi) is 7.80. The van der Waals surface area contributed by atoms with Crippen LogP contribution in [-0.4, -0.2) is 25.5 Å². The van der Waals surface area contributed by atoms with Gasteiger partial charge in [0, 0.05) is 0 Å². The molecule has 0 aliphatic carbocycles. The van der Waals surface area contributed by atoms with Crippen LogP contribution < -0.4 is 5.32 Å². The van der Waals surface area contributed by atoms with Gasteiger partial charge in [-0.05, 0) is 25.8 Å². The predicted octanol–water partition coefficient (Wildman–Crippen LogP) is 3.21. The van der Waals surface area contributed by atoms with E-state index in [-0.39, 0.29) is 6.23 Å². The van der Waals surface area contributed by atoms with E-state index >= 15 is 0 Å². The first-order valence-electron chi connectivity index (χ1n) is 6.89. The van der Waals surface area contributed by atoms with Crippen molar-refractivity contribution in [1.82, 2.24) is 5.32 Å². The van der Waals surface area contributed by atoms with Crippen molar-refractivity contribution in [3.05, 3.63) is 0 Å². The third kappa shape index (κ3) is 7.21. The maximum absolute atomic E-state index is 11.2. The molecule has 1 atom stereocenters. The molecular formula is C13H25NO3. The van der Waals surface area contributed by atoms with Crippen LogP contribution in [0.25, 0.3) is 0 Å². The summed E-state index contributed by atoms with van der Waals surface area (Å²) in [4.78, 5) is 11.2. The molecule has 0 amide bonds. The van der Waals surface area contributed by atoms with E-state index in [0.29, 0.717) is 6.61 Å². The molecule has 4 heteroatoms. The summed E-state index contributed by atoms with van der Waals surface area (Å²) >= 11 is 0. The van der Waals surface area contributed by atoms with Crippen molar-refractivity contribution in [2.75, 3.05) is 13.2 Å². The Bertz CT molecular complexity index is 203. The second kappa shape index (κ2) is 9.28. The number of nitrogens with one attached hydrogen (secondary N) is 1. The summed E-state index contributed by atoms with van der Waals surface area (Å²) < 4.78 is 10.1. The summed E-state index contributed by atoms with van der Waals surface area (Å²) in [6.45, 7) is 3.61. The van der Waals surface area contributed by atoms with E-state index in [0.717, 1.165) is 32.2 Å². The monoisotopic (exact) mass is 243 g/mol. The van der Waals surface area contributed by atoms with Gasteiger partial charge in [-0.25, -0.2) is 4.79 Å². The fraction of sp³-hybridized carbons (Fsp3) is 0.923. The molecule has 100 valence electrons. The van der Waals surface area contributed by atoms with Crippen LogP contribution in [0.2, 0.25) is 0 Å². The van der Waals surface area contributed by atoms with Crippen LogP contribution in [0.3, 0.4) is 0 Å². The summed E-state index contributed by atoms with van der Waals surface area (Å²) in [6.07, 6.45) is 8.45. The van der Waals surface area contributed by atoms with Crippen LogP contribution in [-0.2, 0) is 9.47 Å². The quantitative estimate of drug-likeness (QED) is 0.525. The molecule has 1 saturated heterocycles.